The van der Waals surface area contributed by atoms with E-state index in [9.17, 15) is 4.79 Å². The molecule has 2 aliphatic rings. The molecule has 0 aromatic heterocycles. The summed E-state index contributed by atoms with van der Waals surface area (Å²) in [6, 6.07) is 0. The van der Waals surface area contributed by atoms with E-state index in [1.807, 2.05) is 0 Å². The lowest BCUT2D eigenvalue weighted by molar-refractivity contribution is -0.148. The average Bonchev–Trinajstić information content (AvgIpc) is 2.66. The second-order valence-electron chi connectivity index (χ2n) is 4.16. The summed E-state index contributed by atoms with van der Waals surface area (Å²) in [6.45, 7) is 1.55. The summed E-state index contributed by atoms with van der Waals surface area (Å²) in [5.74, 6) is 0.111. The van der Waals surface area contributed by atoms with Crippen molar-refractivity contribution >= 4 is 5.97 Å². The van der Waals surface area contributed by atoms with E-state index in [2.05, 4.69) is 5.32 Å². The predicted molar refractivity (Wildman–Crippen MR) is 44.9 cm³/mol. The van der Waals surface area contributed by atoms with Crippen molar-refractivity contribution in [2.24, 2.45) is 11.3 Å². The number of carboxylic acids is 1. The fourth-order valence-electron chi connectivity index (χ4n) is 2.06. The molecule has 3 heteroatoms. The molecule has 0 amide bonds. The largest absolute Gasteiger partial charge is 0.481 e. The number of nitrogens with one attached hydrogen (secondary N) is 1. The normalized spacial score (nSPS) is 35.3. The summed E-state index contributed by atoms with van der Waals surface area (Å²) in [6.07, 6.45) is 4.21. The molecule has 12 heavy (non-hydrogen) atoms. The molecule has 2 N–H and O–H groups in total. The minimum Gasteiger partial charge on any atom is -0.481 e. The molecule has 0 radical (unpaired) electrons. The molecule has 1 atom stereocenters. The highest BCUT2D eigenvalue weighted by atomic mass is 16.4. The Labute approximate surface area is 72.2 Å². The second-order valence-corrected chi connectivity index (χ2v) is 4.16. The van der Waals surface area contributed by atoms with Gasteiger partial charge in [-0.3, -0.25) is 4.79 Å². The first kappa shape index (κ1) is 8.05. The number of carbonyl (C=O) groups is 1. The number of rotatable bonds is 3. The zero-order valence-electron chi connectivity index (χ0n) is 7.18. The topological polar surface area (TPSA) is 49.3 Å². The van der Waals surface area contributed by atoms with Crippen LogP contribution in [0.1, 0.15) is 25.7 Å². The number of carboxylic acid groups (broad SMARTS) is 1. The summed E-state index contributed by atoms with van der Waals surface area (Å²) < 4.78 is 0. The molecule has 0 aromatic rings. The van der Waals surface area contributed by atoms with Crippen molar-refractivity contribution < 1.29 is 9.90 Å². The average molecular weight is 169 g/mol. The van der Waals surface area contributed by atoms with Crippen LogP contribution in [0.5, 0.6) is 0 Å². The second kappa shape index (κ2) is 2.73. The lowest BCUT2D eigenvalue weighted by Gasteiger charge is -2.22. The molecule has 68 valence electrons. The van der Waals surface area contributed by atoms with Gasteiger partial charge in [0, 0.05) is 6.54 Å². The monoisotopic (exact) mass is 169 g/mol. The van der Waals surface area contributed by atoms with Gasteiger partial charge in [0.15, 0.2) is 0 Å². The SMILES string of the molecule is O=C(O)C1(CC2CC2)CCNC1. The van der Waals surface area contributed by atoms with E-state index < -0.39 is 11.4 Å². The third-order valence-electron chi connectivity index (χ3n) is 3.07. The van der Waals surface area contributed by atoms with Crippen molar-refractivity contribution in [1.29, 1.82) is 0 Å². The molecular formula is C9H15NO2. The summed E-state index contributed by atoms with van der Waals surface area (Å²) in [5, 5.41) is 12.2. The zero-order chi connectivity index (χ0) is 8.60. The maximum atomic E-state index is 11.0. The third kappa shape index (κ3) is 1.33. The van der Waals surface area contributed by atoms with Crippen LogP contribution in [0.2, 0.25) is 0 Å². The molecule has 2 fully saturated rings. The van der Waals surface area contributed by atoms with Gasteiger partial charge in [-0.2, -0.15) is 0 Å². The molecule has 1 saturated heterocycles. The zero-order valence-corrected chi connectivity index (χ0v) is 7.18. The Morgan fingerprint density at radius 1 is 1.58 bits per heavy atom. The standard InChI is InChI=1S/C9H15NO2/c11-8(12)9(3-4-10-6-9)5-7-1-2-7/h7,10H,1-6H2,(H,11,12). The van der Waals surface area contributed by atoms with Gasteiger partial charge in [0.25, 0.3) is 0 Å². The van der Waals surface area contributed by atoms with Crippen molar-refractivity contribution in [2.75, 3.05) is 13.1 Å². The van der Waals surface area contributed by atoms with Crippen LogP contribution in [-0.4, -0.2) is 24.2 Å². The van der Waals surface area contributed by atoms with E-state index in [-0.39, 0.29) is 0 Å². The van der Waals surface area contributed by atoms with E-state index in [1.165, 1.54) is 12.8 Å². The van der Waals surface area contributed by atoms with Gasteiger partial charge < -0.3 is 10.4 Å². The molecule has 2 rings (SSSR count). The summed E-state index contributed by atoms with van der Waals surface area (Å²) in [5.41, 5.74) is -0.416. The minimum absolute atomic E-state index is 0.416. The first-order valence-electron chi connectivity index (χ1n) is 4.67. The van der Waals surface area contributed by atoms with Gasteiger partial charge in [0.05, 0.1) is 5.41 Å². The van der Waals surface area contributed by atoms with Crippen LogP contribution in [0.15, 0.2) is 0 Å². The van der Waals surface area contributed by atoms with Gasteiger partial charge in [-0.05, 0) is 25.3 Å². The van der Waals surface area contributed by atoms with E-state index in [1.54, 1.807) is 0 Å². The molecule has 0 bridgehead atoms. The fourth-order valence-corrected chi connectivity index (χ4v) is 2.06. The number of hydrogen-bond acceptors (Lipinski definition) is 2. The maximum Gasteiger partial charge on any atom is 0.310 e. The summed E-state index contributed by atoms with van der Waals surface area (Å²) in [4.78, 5) is 11.0. The first-order chi connectivity index (χ1) is 5.73. The van der Waals surface area contributed by atoms with Gasteiger partial charge in [-0.15, -0.1) is 0 Å². The van der Waals surface area contributed by atoms with Crippen molar-refractivity contribution in [3.63, 3.8) is 0 Å². The van der Waals surface area contributed by atoms with Crippen molar-refractivity contribution in [1.82, 2.24) is 5.32 Å². The highest BCUT2D eigenvalue weighted by Gasteiger charge is 2.44. The molecule has 1 heterocycles. The van der Waals surface area contributed by atoms with Gasteiger partial charge in [0.2, 0.25) is 0 Å². The smallest absolute Gasteiger partial charge is 0.310 e. The van der Waals surface area contributed by atoms with Crippen molar-refractivity contribution in [3.8, 4) is 0 Å². The minimum atomic E-state index is -0.598. The first-order valence-corrected chi connectivity index (χ1v) is 4.67. The Morgan fingerprint density at radius 3 is 2.75 bits per heavy atom. The van der Waals surface area contributed by atoms with E-state index >= 15 is 0 Å². The molecule has 1 aliphatic carbocycles. The molecule has 0 aromatic carbocycles. The van der Waals surface area contributed by atoms with Crippen LogP contribution in [0.4, 0.5) is 0 Å². The van der Waals surface area contributed by atoms with Crippen LogP contribution in [0.3, 0.4) is 0 Å². The predicted octanol–water partition coefficient (Wildman–Crippen LogP) is 0.851. The lowest BCUT2D eigenvalue weighted by atomic mass is 9.82. The van der Waals surface area contributed by atoms with Gasteiger partial charge in [-0.25, -0.2) is 0 Å². The number of aliphatic carboxylic acids is 1. The van der Waals surface area contributed by atoms with E-state index in [0.717, 1.165) is 19.4 Å². The van der Waals surface area contributed by atoms with Crippen molar-refractivity contribution in [3.05, 3.63) is 0 Å². The molecule has 1 aliphatic heterocycles. The Hall–Kier alpha value is -0.570. The van der Waals surface area contributed by atoms with E-state index in [4.69, 9.17) is 5.11 Å². The molecule has 0 spiro atoms. The third-order valence-corrected chi connectivity index (χ3v) is 3.07. The summed E-state index contributed by atoms with van der Waals surface area (Å²) >= 11 is 0. The summed E-state index contributed by atoms with van der Waals surface area (Å²) in [7, 11) is 0. The Morgan fingerprint density at radius 2 is 2.33 bits per heavy atom. The van der Waals surface area contributed by atoms with Crippen molar-refractivity contribution in [2.45, 2.75) is 25.7 Å². The quantitative estimate of drug-likeness (QED) is 0.658. The lowest BCUT2D eigenvalue weighted by Crippen LogP contribution is -2.33. The molecular weight excluding hydrogens is 154 g/mol. The molecule has 3 nitrogen and oxygen atoms in total. The van der Waals surface area contributed by atoms with Crippen LogP contribution < -0.4 is 5.32 Å². The van der Waals surface area contributed by atoms with E-state index in [0.29, 0.717) is 12.5 Å². The molecule has 1 unspecified atom stereocenters. The number of hydrogen-bond donors (Lipinski definition) is 2. The fraction of sp³-hybridized carbons (Fsp3) is 0.889. The van der Waals surface area contributed by atoms with Gasteiger partial charge in [0.1, 0.15) is 0 Å². The Balaban J connectivity index is 2.03. The van der Waals surface area contributed by atoms with Gasteiger partial charge in [-0.1, -0.05) is 12.8 Å². The highest BCUT2D eigenvalue weighted by molar-refractivity contribution is 5.75. The Kier molecular flexibility index (Phi) is 1.83. The van der Waals surface area contributed by atoms with Gasteiger partial charge >= 0.3 is 5.97 Å². The van der Waals surface area contributed by atoms with Crippen LogP contribution >= 0.6 is 0 Å². The van der Waals surface area contributed by atoms with Crippen LogP contribution in [0.25, 0.3) is 0 Å². The highest BCUT2D eigenvalue weighted by Crippen LogP contribution is 2.43. The maximum absolute atomic E-state index is 11.0. The Bertz CT molecular complexity index is 193. The van der Waals surface area contributed by atoms with Crippen LogP contribution in [0, 0.1) is 11.3 Å². The van der Waals surface area contributed by atoms with Crippen LogP contribution in [-0.2, 0) is 4.79 Å². The molecule has 1 saturated carbocycles.